The molecule has 0 amide bonds. The van der Waals surface area contributed by atoms with Crippen molar-refractivity contribution in [2.75, 3.05) is 0 Å². The van der Waals surface area contributed by atoms with Crippen molar-refractivity contribution in [3.8, 4) is 66.8 Å². The van der Waals surface area contributed by atoms with Crippen molar-refractivity contribution in [1.82, 2.24) is 0 Å². The topological polar surface area (TPSA) is 39.4 Å². The molecule has 135 heavy (non-hydrogen) atoms. The monoisotopic (exact) mass is 1790 g/mol. The van der Waals surface area contributed by atoms with Crippen molar-refractivity contribution in [3.63, 3.8) is 0 Å². The van der Waals surface area contributed by atoms with Crippen LogP contribution in [0.25, 0.3) is 294 Å². The van der Waals surface area contributed by atoms with Gasteiger partial charge in [0.15, 0.2) is 0 Å². The molecule has 0 spiro atoms. The second-order valence-electron chi connectivity index (χ2n) is 30.0. The van der Waals surface area contributed by atoms with Gasteiger partial charge >= 0.3 is 0 Å². The van der Waals surface area contributed by atoms with Crippen LogP contribution in [0.5, 0.6) is 0 Å². The van der Waals surface area contributed by atoms with Crippen molar-refractivity contribution in [2.45, 2.75) is 0 Å². The van der Waals surface area contributed by atoms with E-state index in [4.69, 9.17) is 83.2 Å². The molecule has 30 aromatic rings. The Morgan fingerprint density at radius 2 is 0.333 bits per heavy atom. The van der Waals surface area contributed by atoms with E-state index in [1.54, 1.807) is 0 Å². The molecule has 3 heterocycles. The van der Waals surface area contributed by atoms with E-state index in [9.17, 15) is 37.0 Å². The van der Waals surface area contributed by atoms with Gasteiger partial charge < -0.3 is 13.3 Å². The summed E-state index contributed by atoms with van der Waals surface area (Å²) in [7, 11) is 0. The van der Waals surface area contributed by atoms with Crippen LogP contribution in [0.2, 0.25) is 0 Å². The minimum atomic E-state index is -0.988. The number of benzene rings is 27. The highest BCUT2D eigenvalue weighted by Gasteiger charge is 2.27. The fourth-order valence-corrected chi connectivity index (χ4v) is 17.5. The summed E-state index contributed by atoms with van der Waals surface area (Å²) in [4.78, 5) is 0. The fraction of sp³-hybridized carbons (Fsp3) is 0. The molecule has 0 saturated heterocycles. The van der Waals surface area contributed by atoms with Crippen LogP contribution in [0.1, 0.15) is 107 Å². The van der Waals surface area contributed by atoms with Crippen molar-refractivity contribution < 1.29 is 120 Å². The second kappa shape index (κ2) is 30.4. The molecular weight excluding hydrogens is 1630 g/mol. The Balaban J connectivity index is 0.000000140. The average molecular weight is 1790 g/mol. The summed E-state index contributed by atoms with van der Waals surface area (Å²) in [5.41, 5.74) is -12.0. The van der Waals surface area contributed by atoms with Crippen LogP contribution in [-0.2, 0) is 0 Å². The van der Waals surface area contributed by atoms with Crippen LogP contribution >= 0.6 is 0 Å². The van der Waals surface area contributed by atoms with E-state index in [2.05, 4.69) is 0 Å². The van der Waals surface area contributed by atoms with Gasteiger partial charge in [-0.25, -0.2) is 0 Å². The third-order valence-electron chi connectivity index (χ3n) is 23.0. The van der Waals surface area contributed by atoms with Gasteiger partial charge in [0.2, 0.25) is 0 Å². The summed E-state index contributed by atoms with van der Waals surface area (Å²) >= 11 is 0. The van der Waals surface area contributed by atoms with E-state index in [1.165, 1.54) is 0 Å². The van der Waals surface area contributed by atoms with Crippen LogP contribution in [0, 0.1) is 0 Å². The number of hydrogen-bond acceptors (Lipinski definition) is 3. The molecule has 0 atom stereocenters. The highest BCUT2D eigenvalue weighted by Crippen LogP contribution is 2.54. The molecule has 624 valence electrons. The van der Waals surface area contributed by atoms with Gasteiger partial charge in [-0.15, -0.1) is 0 Å². The maximum atomic E-state index is 9.73. The SMILES string of the molecule is [2H]c1c([2H])c(-c2c3c([2H])c([2H])c([2H])c([2H])c3c(-c3c([2H])c([2H])c([2H])c4c3c([2H])c([2H])c3c([2H])c([2H])c([2H])c([2H])c34)c3c([2H])c([2H])c([2H])c([2H])c23)c2c(oc3c([2H])c4c([2H])c([2H])c([2H])c([2H])c4c([2H])c32)c1[2H].[2H]c1c([2H])c(-c2c3c([2H])c([2H])c([2H])c([2H])c3c(-c3c([2H])c([2H])c([2H])c4c3c([2H])c([2H])c3c([2H])c([2H])c([2H])c([2H])c34)c3c([2H])c([2H])c([2H])c([2H])c23)c2c(oc3c([2H])c4c([2H])c([2H])c([2H])c([2H])c4c([2H])c32)c1[2H].[2H]c1c([2H])c(-c2c3c([2H])c([2H])c([2H])c([2H])c3c(-c3c([2H])c([2H])c4c(c3[2H])c([2H])c([2H])c3c([2H])c([2H])c([2H])c([2H])c34)c3c([2H])c([2H])c([2H])c([2H])c23)c2c(oc3c([2H])c4c([2H])c([2H])c([2H])c([2H])c4c([2H])c32)c1[2H]. The zero-order valence-corrected chi connectivity index (χ0v) is 67.2. The van der Waals surface area contributed by atoms with Crippen LogP contribution in [0.15, 0.2) is 485 Å². The first kappa shape index (κ1) is 32.1. The third-order valence-corrected chi connectivity index (χ3v) is 23.0. The molecule has 0 N–H and O–H groups in total. The molecular formula is C132H78O3. The molecule has 0 bridgehead atoms. The number of fused-ring (bicyclic) bond motifs is 27. The maximum absolute atomic E-state index is 9.73. The van der Waals surface area contributed by atoms with Gasteiger partial charge in [0, 0.05) is 32.3 Å². The lowest BCUT2D eigenvalue weighted by Crippen LogP contribution is -1.92. The fourth-order valence-electron chi connectivity index (χ4n) is 17.5. The van der Waals surface area contributed by atoms with Crippen LogP contribution in [-0.4, -0.2) is 0 Å². The van der Waals surface area contributed by atoms with Crippen molar-refractivity contribution in [3.05, 3.63) is 471 Å². The molecule has 0 aliphatic rings. The smallest absolute Gasteiger partial charge is 0.136 e. The molecule has 0 radical (unpaired) electrons. The van der Waals surface area contributed by atoms with Gasteiger partial charge in [0.1, 0.15) is 33.5 Å². The molecule has 3 nitrogen and oxygen atoms in total. The summed E-state index contributed by atoms with van der Waals surface area (Å²) in [6, 6.07) is -68.5. The maximum Gasteiger partial charge on any atom is 0.136 e. The number of rotatable bonds is 6. The van der Waals surface area contributed by atoms with Gasteiger partial charge in [-0.1, -0.05) is 411 Å². The van der Waals surface area contributed by atoms with Gasteiger partial charge in [0.25, 0.3) is 0 Å². The average Bonchev–Trinajstić information content (AvgIpc) is 1.65. The largest absolute Gasteiger partial charge is 0.456 e. The Kier molecular flexibility index (Phi) is 7.23. The van der Waals surface area contributed by atoms with Crippen molar-refractivity contribution in [1.29, 1.82) is 0 Å². The highest BCUT2D eigenvalue weighted by molar-refractivity contribution is 6.33. The Hall–Kier alpha value is -17.8. The third kappa shape index (κ3) is 12.0. The predicted molar refractivity (Wildman–Crippen MR) is 576 cm³/mol. The van der Waals surface area contributed by atoms with Gasteiger partial charge in [-0.05, 0) is 289 Å². The van der Waals surface area contributed by atoms with Crippen LogP contribution < -0.4 is 0 Å². The first-order valence-electron chi connectivity index (χ1n) is 79.2. The quantitative estimate of drug-likeness (QED) is 0.123. The Morgan fingerprint density at radius 3 is 0.652 bits per heavy atom. The Labute approximate surface area is 884 Å². The Morgan fingerprint density at radius 1 is 0.119 bits per heavy atom. The van der Waals surface area contributed by atoms with E-state index in [-0.39, 0.29) is 0 Å². The molecule has 0 fully saturated rings. The van der Waals surface area contributed by atoms with Gasteiger partial charge in [0.05, 0.1) is 107 Å². The lowest BCUT2D eigenvalue weighted by molar-refractivity contribution is 0.669. The predicted octanol–water partition coefficient (Wildman–Crippen LogP) is 38.1. The van der Waals surface area contributed by atoms with E-state index in [0.717, 1.165) is 0 Å². The van der Waals surface area contributed by atoms with Crippen molar-refractivity contribution in [2.24, 2.45) is 0 Å². The zero-order valence-electron chi connectivity index (χ0n) is 145. The first-order valence-corrected chi connectivity index (χ1v) is 40.2. The second-order valence-corrected chi connectivity index (χ2v) is 30.0. The standard InChI is InChI=1S/3C44H26O/c2*1-2-13-29-26-41-39(25-28(29)12-1)44-38(21-10-22-40(44)45-41)43-36-17-7-5-15-34(36)42(35-16-6-8-18-37(35)43)33-20-9-19-31-30-14-4-3-11-27(30)23-24-32(31)33;1-2-12-29-26-41-39(25-28(29)11-1)44-38(18-9-19-40(44)45-41)43-36-16-7-5-14-34(36)42(35-15-6-8-17-37(35)43)31-22-23-33-30(24-31)21-20-27-10-3-4-13-32(27)33/h3*1-26H/i3*1D,2D,3D,4D,5D,6D,7D,8D,9D,10D,11D,12D,13D,14D,15D,16D,17D,18D,19D,20D,21D,22D,23D,24D,25D,26D. The van der Waals surface area contributed by atoms with E-state index in [1.807, 2.05) is 0 Å². The lowest BCUT2D eigenvalue weighted by atomic mass is 9.83. The Bertz CT molecular complexity index is 14700. The minimum Gasteiger partial charge on any atom is -0.456 e. The highest BCUT2D eigenvalue weighted by atomic mass is 16.3. The summed E-state index contributed by atoms with van der Waals surface area (Å²) in [6.07, 6.45) is 0. The molecule has 0 aliphatic carbocycles. The van der Waals surface area contributed by atoms with Crippen LogP contribution in [0.3, 0.4) is 0 Å². The molecule has 0 saturated carbocycles. The minimum absolute atomic E-state index is 0.468. The van der Waals surface area contributed by atoms with E-state index < -0.39 is 765 Å². The summed E-state index contributed by atoms with van der Waals surface area (Å²) in [5.74, 6) is 0. The van der Waals surface area contributed by atoms with Crippen molar-refractivity contribution >= 4 is 227 Å². The molecule has 0 aliphatic heterocycles. The number of hydrogen-bond donors (Lipinski definition) is 0. The lowest BCUT2D eigenvalue weighted by Gasteiger charge is -2.19. The molecule has 3 heteroatoms. The van der Waals surface area contributed by atoms with E-state index >= 15 is 0 Å². The first-order chi connectivity index (χ1) is 99.5. The normalized spacial score (nSPS) is 20.1. The summed E-state index contributed by atoms with van der Waals surface area (Å²) in [5, 5.41) is -21.3. The number of furan rings is 3. The van der Waals surface area contributed by atoms with Crippen LogP contribution in [0.4, 0.5) is 0 Å². The van der Waals surface area contributed by atoms with Gasteiger partial charge in [-0.2, -0.15) is 0 Å². The van der Waals surface area contributed by atoms with E-state index in [0.29, 0.717) is 0 Å². The molecule has 30 rings (SSSR count). The molecule has 27 aromatic carbocycles. The summed E-state index contributed by atoms with van der Waals surface area (Å²) < 4.78 is 722. The zero-order chi connectivity index (χ0) is 156. The molecule has 0 unspecified atom stereocenters. The molecule has 3 aromatic heterocycles. The van der Waals surface area contributed by atoms with Gasteiger partial charge in [-0.3, -0.25) is 0 Å². The summed E-state index contributed by atoms with van der Waals surface area (Å²) in [6.45, 7) is 0.